The molecule has 2 unspecified atom stereocenters. The fourth-order valence-corrected chi connectivity index (χ4v) is 8.36. The van der Waals surface area contributed by atoms with Crippen molar-refractivity contribution in [3.63, 3.8) is 0 Å². The maximum atomic E-state index is 12.8. The number of phosphoric ester groups is 1. The van der Waals surface area contributed by atoms with Gasteiger partial charge in [-0.25, -0.2) is 0 Å². The van der Waals surface area contributed by atoms with E-state index in [2.05, 4.69) is 111 Å². The second-order valence-corrected chi connectivity index (χ2v) is 21.7. The summed E-state index contributed by atoms with van der Waals surface area (Å²) in [6.45, 7) is 4.07. The molecule has 0 aromatic rings. The molecule has 9 nitrogen and oxygen atoms in total. The summed E-state index contributed by atoms with van der Waals surface area (Å²) in [5.41, 5.74) is 0. The number of allylic oxidation sites excluding steroid dienone is 16. The van der Waals surface area contributed by atoms with E-state index in [1.54, 1.807) is 0 Å². The lowest BCUT2D eigenvalue weighted by molar-refractivity contribution is -0.870. The molecular weight excluding hydrogens is 918 g/mol. The lowest BCUT2D eigenvalue weighted by Gasteiger charge is -2.28. The summed E-state index contributed by atoms with van der Waals surface area (Å²) in [5, 5.41) is 0. The lowest BCUT2D eigenvalue weighted by Crippen LogP contribution is -2.37. The molecule has 0 spiro atoms. The molecule has 0 amide bonds. The molecule has 0 heterocycles. The molecule has 414 valence electrons. The Kier molecular flexibility index (Phi) is 50.5. The molecule has 10 heteroatoms. The van der Waals surface area contributed by atoms with Crippen LogP contribution in [0.2, 0.25) is 0 Å². The van der Waals surface area contributed by atoms with Gasteiger partial charge < -0.3 is 27.9 Å². The number of phosphoric acid groups is 1. The third kappa shape index (κ3) is 56.2. The molecule has 0 aliphatic heterocycles. The van der Waals surface area contributed by atoms with Gasteiger partial charge in [0.15, 0.2) is 6.10 Å². The highest BCUT2D eigenvalue weighted by atomic mass is 31.2. The number of rotatable bonds is 52. The number of carbonyl (C=O) groups excluding carboxylic acids is 2. The van der Waals surface area contributed by atoms with Crippen molar-refractivity contribution in [2.75, 3.05) is 47.5 Å². The van der Waals surface area contributed by atoms with E-state index in [1.807, 2.05) is 21.1 Å². The second-order valence-electron chi connectivity index (χ2n) is 20.3. The average Bonchev–Trinajstić information content (AvgIpc) is 3.34. The van der Waals surface area contributed by atoms with Gasteiger partial charge in [0.05, 0.1) is 27.7 Å². The predicted octanol–water partition coefficient (Wildman–Crippen LogP) is 17.4. The highest BCUT2D eigenvalue weighted by Crippen LogP contribution is 2.38. The molecule has 0 aliphatic rings. The van der Waals surface area contributed by atoms with E-state index < -0.39 is 32.5 Å². The summed E-state index contributed by atoms with van der Waals surface area (Å²) in [5.74, 6) is -0.874. The van der Waals surface area contributed by atoms with Crippen LogP contribution in [0.15, 0.2) is 97.2 Å². The first-order valence-corrected chi connectivity index (χ1v) is 30.4. The molecule has 0 saturated carbocycles. The summed E-state index contributed by atoms with van der Waals surface area (Å²) < 4.78 is 34.1. The lowest BCUT2D eigenvalue weighted by atomic mass is 10.0. The van der Waals surface area contributed by atoms with Crippen LogP contribution in [0.4, 0.5) is 0 Å². The van der Waals surface area contributed by atoms with Gasteiger partial charge in [0.2, 0.25) is 0 Å². The molecule has 0 saturated heterocycles. The van der Waals surface area contributed by atoms with E-state index in [1.165, 1.54) is 116 Å². The standard InChI is InChI=1S/C62H108NO8P/c1-6-8-10-12-14-16-18-20-22-24-26-27-28-29-30-31-32-33-34-35-37-38-40-42-44-46-48-50-52-54-61(64)68-58-60(59-70-72(66,67)69-57-56-63(3,4)5)71-62(65)55-53-51-49-47-45-43-41-39-36-25-23-21-19-17-15-13-11-9-7-2/h9,11,15,17-18,20-21,23-24,26,28-29,36,39,43,45,60H,6-8,10,12-14,16,19,22,25,27,30-35,37-38,40-42,44,46-59H2,1-5H3/b11-9-,17-15-,20-18-,23-21-,26-24-,29-28-,39-36-,45-43-. The first-order chi connectivity index (χ1) is 35.0. The normalized spacial score (nSPS) is 14.0. The molecule has 0 N–H and O–H groups in total. The molecule has 0 fully saturated rings. The topological polar surface area (TPSA) is 111 Å². The molecule has 0 bridgehead atoms. The Hall–Kier alpha value is -3.07. The van der Waals surface area contributed by atoms with Crippen molar-refractivity contribution in [3.05, 3.63) is 97.2 Å². The Balaban J connectivity index is 4.18. The van der Waals surface area contributed by atoms with Gasteiger partial charge in [-0.1, -0.05) is 220 Å². The van der Waals surface area contributed by atoms with Crippen LogP contribution in [0.3, 0.4) is 0 Å². The second kappa shape index (κ2) is 52.8. The highest BCUT2D eigenvalue weighted by molar-refractivity contribution is 7.45. The minimum atomic E-state index is -4.65. The Morgan fingerprint density at radius 1 is 0.444 bits per heavy atom. The van der Waals surface area contributed by atoms with E-state index in [9.17, 15) is 19.0 Å². The van der Waals surface area contributed by atoms with Crippen molar-refractivity contribution < 1.29 is 42.1 Å². The summed E-state index contributed by atoms with van der Waals surface area (Å²) in [4.78, 5) is 37.8. The summed E-state index contributed by atoms with van der Waals surface area (Å²) in [6, 6.07) is 0. The van der Waals surface area contributed by atoms with Crippen LogP contribution in [0, 0.1) is 0 Å². The van der Waals surface area contributed by atoms with Crippen LogP contribution in [0.25, 0.3) is 0 Å². The summed E-state index contributed by atoms with van der Waals surface area (Å²) >= 11 is 0. The fraction of sp³-hybridized carbons (Fsp3) is 0.710. The third-order valence-electron chi connectivity index (χ3n) is 12.1. The van der Waals surface area contributed by atoms with Gasteiger partial charge in [-0.05, 0) is 96.3 Å². The molecular formula is C62H108NO8P. The van der Waals surface area contributed by atoms with Crippen molar-refractivity contribution in [1.29, 1.82) is 0 Å². The number of hydrogen-bond donors (Lipinski definition) is 0. The van der Waals surface area contributed by atoms with Gasteiger partial charge in [-0.15, -0.1) is 0 Å². The van der Waals surface area contributed by atoms with Crippen LogP contribution < -0.4 is 4.89 Å². The Labute approximate surface area is 443 Å². The number of likely N-dealkylation sites (N-methyl/N-ethyl adjacent to an activating group) is 1. The van der Waals surface area contributed by atoms with Crippen LogP contribution in [-0.2, 0) is 32.7 Å². The quantitative estimate of drug-likeness (QED) is 0.0195. The SMILES string of the molecule is CC/C=C\C/C=C\C/C=C\C/C=C\C/C=C\CCCCCC(=O)OC(COC(=O)CCCCCCCCCCCCCCCC/C=C\C/C=C\C/C=C\CCCCCCC)COP(=O)([O-])OCC[N+](C)(C)C. The summed E-state index contributed by atoms with van der Waals surface area (Å²) in [7, 11) is 1.13. The average molecular weight is 1030 g/mol. The minimum Gasteiger partial charge on any atom is -0.756 e. The van der Waals surface area contributed by atoms with E-state index >= 15 is 0 Å². The molecule has 0 aliphatic carbocycles. The largest absolute Gasteiger partial charge is 0.756 e. The van der Waals surface area contributed by atoms with Gasteiger partial charge in [0.25, 0.3) is 7.82 Å². The number of quaternary nitrogens is 1. The molecule has 0 rings (SSSR count). The van der Waals surface area contributed by atoms with E-state index in [4.69, 9.17) is 18.5 Å². The minimum absolute atomic E-state index is 0.0422. The maximum absolute atomic E-state index is 12.8. The van der Waals surface area contributed by atoms with Crippen molar-refractivity contribution in [2.45, 2.75) is 238 Å². The molecule has 72 heavy (non-hydrogen) atoms. The van der Waals surface area contributed by atoms with Crippen molar-refractivity contribution in [2.24, 2.45) is 0 Å². The number of ether oxygens (including phenoxy) is 2. The molecule has 0 aromatic heterocycles. The third-order valence-corrected chi connectivity index (χ3v) is 13.1. The Morgan fingerprint density at radius 3 is 1.19 bits per heavy atom. The van der Waals surface area contributed by atoms with Crippen molar-refractivity contribution in [3.8, 4) is 0 Å². The smallest absolute Gasteiger partial charge is 0.306 e. The number of nitrogens with zero attached hydrogens (tertiary/aromatic N) is 1. The predicted molar refractivity (Wildman–Crippen MR) is 305 cm³/mol. The molecule has 0 radical (unpaired) electrons. The van der Waals surface area contributed by atoms with Crippen LogP contribution >= 0.6 is 7.82 Å². The zero-order valence-electron chi connectivity index (χ0n) is 46.8. The fourth-order valence-electron chi connectivity index (χ4n) is 7.63. The van der Waals surface area contributed by atoms with Crippen molar-refractivity contribution in [1.82, 2.24) is 0 Å². The van der Waals surface area contributed by atoms with Crippen LogP contribution in [0.5, 0.6) is 0 Å². The van der Waals surface area contributed by atoms with E-state index in [0.29, 0.717) is 17.4 Å². The maximum Gasteiger partial charge on any atom is 0.306 e. The van der Waals surface area contributed by atoms with Gasteiger partial charge in [0.1, 0.15) is 19.8 Å². The Bertz CT molecular complexity index is 1540. The highest BCUT2D eigenvalue weighted by Gasteiger charge is 2.21. The zero-order valence-corrected chi connectivity index (χ0v) is 47.7. The van der Waals surface area contributed by atoms with Gasteiger partial charge in [0, 0.05) is 12.8 Å². The Morgan fingerprint density at radius 2 is 0.792 bits per heavy atom. The summed E-state index contributed by atoms with van der Waals surface area (Å²) in [6.07, 6.45) is 71.7. The van der Waals surface area contributed by atoms with Crippen LogP contribution in [0.1, 0.15) is 232 Å². The number of hydrogen-bond acceptors (Lipinski definition) is 8. The molecule has 2 atom stereocenters. The van der Waals surface area contributed by atoms with Crippen LogP contribution in [-0.4, -0.2) is 70.0 Å². The first kappa shape index (κ1) is 68.9. The number of esters is 2. The monoisotopic (exact) mass is 1030 g/mol. The molecule has 0 aromatic carbocycles. The van der Waals surface area contributed by atoms with Gasteiger partial charge >= 0.3 is 11.9 Å². The van der Waals surface area contributed by atoms with Gasteiger partial charge in [-0.3, -0.25) is 14.2 Å². The van der Waals surface area contributed by atoms with Gasteiger partial charge in [-0.2, -0.15) is 0 Å². The van der Waals surface area contributed by atoms with E-state index in [0.717, 1.165) is 83.5 Å². The van der Waals surface area contributed by atoms with Crippen molar-refractivity contribution >= 4 is 19.8 Å². The van der Waals surface area contributed by atoms with E-state index in [-0.39, 0.29) is 26.1 Å². The first-order valence-electron chi connectivity index (χ1n) is 28.9. The zero-order chi connectivity index (χ0) is 52.7. The number of carbonyl (C=O) groups is 2. The number of unbranched alkanes of at least 4 members (excludes halogenated alkanes) is 22.